The minimum atomic E-state index is -0.448. The highest BCUT2D eigenvalue weighted by Gasteiger charge is 2.20. The number of carbonyl (C=O) groups is 1. The second-order valence-electron chi connectivity index (χ2n) is 7.96. The molecule has 31 heavy (non-hydrogen) atoms. The fraction of sp³-hybridized carbons (Fsp3) is 0.190. The lowest BCUT2D eigenvalue weighted by Crippen LogP contribution is -2.19. The predicted molar refractivity (Wildman–Crippen MR) is 117 cm³/mol. The van der Waals surface area contributed by atoms with Crippen molar-refractivity contribution in [3.8, 4) is 5.69 Å². The van der Waals surface area contributed by atoms with E-state index in [2.05, 4.69) is 25.8 Å². The third-order valence-corrected chi connectivity index (χ3v) is 4.60. The van der Waals surface area contributed by atoms with Gasteiger partial charge in [0, 0.05) is 35.1 Å². The Bertz CT molecular complexity index is 1320. The van der Waals surface area contributed by atoms with Gasteiger partial charge in [-0.05, 0) is 24.3 Å². The third-order valence-electron chi connectivity index (χ3n) is 4.60. The Balaban J connectivity index is 1.52. The van der Waals surface area contributed by atoms with Crippen molar-refractivity contribution in [1.29, 1.82) is 0 Å². The molecule has 0 fully saturated rings. The van der Waals surface area contributed by atoms with E-state index in [0.29, 0.717) is 22.9 Å². The van der Waals surface area contributed by atoms with Crippen molar-refractivity contribution in [3.63, 3.8) is 0 Å². The highest BCUT2D eigenvalue weighted by molar-refractivity contribution is 5.99. The van der Waals surface area contributed by atoms with Gasteiger partial charge in [0.15, 0.2) is 16.9 Å². The van der Waals surface area contributed by atoms with Gasteiger partial charge in [-0.25, -0.2) is 14.8 Å². The molecule has 0 atom stereocenters. The molecule has 0 bridgehead atoms. The molecule has 3 aromatic heterocycles. The predicted octanol–water partition coefficient (Wildman–Crippen LogP) is 3.29. The molecular weight excluding hydrogens is 398 g/mol. The summed E-state index contributed by atoms with van der Waals surface area (Å²) in [7, 11) is 0. The largest absolute Gasteiger partial charge is 0.383 e. The van der Waals surface area contributed by atoms with Crippen LogP contribution in [0, 0.1) is 0 Å². The zero-order valence-corrected chi connectivity index (χ0v) is 17.2. The number of nitrogens with zero attached hydrogens (tertiary/aromatic N) is 4. The minimum Gasteiger partial charge on any atom is -0.383 e. The molecule has 158 valence electrons. The number of rotatable bonds is 3. The normalized spacial score (nSPS) is 11.5. The number of hydrogen-bond acceptors (Lipinski definition) is 7. The first-order valence-corrected chi connectivity index (χ1v) is 9.50. The number of amides is 2. The number of aromatic nitrogens is 4. The molecule has 4 rings (SSSR count). The topological polar surface area (TPSA) is 141 Å². The van der Waals surface area contributed by atoms with Gasteiger partial charge < -0.3 is 20.1 Å². The number of nitrogen functional groups attached to an aromatic ring is 1. The standard InChI is InChI=1S/C21H21N7O3/c1-21(2,3)15-10-16(27-31-15)26-20(30)25-12-4-6-13(7-5-12)28-9-8-14(29)17-18(22)23-11-24-19(17)28/h4-11H,1-3H3,(H2,22,23,24)(H2,25,26,27,30). The van der Waals surface area contributed by atoms with Gasteiger partial charge in [0.1, 0.15) is 23.3 Å². The summed E-state index contributed by atoms with van der Waals surface area (Å²) in [6.45, 7) is 5.97. The van der Waals surface area contributed by atoms with Crippen LogP contribution in [0.3, 0.4) is 0 Å². The van der Waals surface area contributed by atoms with Crippen LogP contribution in [0.15, 0.2) is 58.2 Å². The highest BCUT2D eigenvalue weighted by atomic mass is 16.5. The Labute approximate surface area is 177 Å². The zero-order chi connectivity index (χ0) is 22.2. The average molecular weight is 419 g/mol. The summed E-state index contributed by atoms with van der Waals surface area (Å²) in [5, 5.41) is 9.50. The zero-order valence-electron chi connectivity index (χ0n) is 17.2. The number of nitrogens with one attached hydrogen (secondary N) is 2. The van der Waals surface area contributed by atoms with Crippen LogP contribution >= 0.6 is 0 Å². The van der Waals surface area contributed by atoms with E-state index in [-0.39, 0.29) is 22.0 Å². The second kappa shape index (κ2) is 7.56. The van der Waals surface area contributed by atoms with Crippen LogP contribution in [0.4, 0.5) is 22.1 Å². The molecule has 0 unspecified atom stereocenters. The van der Waals surface area contributed by atoms with E-state index in [1.54, 1.807) is 41.1 Å². The Morgan fingerprint density at radius 2 is 1.84 bits per heavy atom. The fourth-order valence-corrected chi connectivity index (χ4v) is 2.98. The van der Waals surface area contributed by atoms with Gasteiger partial charge >= 0.3 is 6.03 Å². The molecule has 0 spiro atoms. The summed E-state index contributed by atoms with van der Waals surface area (Å²) in [6, 6.07) is 9.68. The van der Waals surface area contributed by atoms with Gasteiger partial charge in [-0.15, -0.1) is 0 Å². The van der Waals surface area contributed by atoms with Gasteiger partial charge in [-0.3, -0.25) is 10.1 Å². The summed E-state index contributed by atoms with van der Waals surface area (Å²) in [5.41, 5.74) is 7.09. The molecule has 4 aromatic rings. The second-order valence-corrected chi connectivity index (χ2v) is 7.96. The minimum absolute atomic E-state index is 0.127. The van der Waals surface area contributed by atoms with Crippen molar-refractivity contribution in [2.45, 2.75) is 26.2 Å². The van der Waals surface area contributed by atoms with Gasteiger partial charge in [0.2, 0.25) is 0 Å². The maximum atomic E-state index is 12.3. The van der Waals surface area contributed by atoms with E-state index in [4.69, 9.17) is 10.3 Å². The Morgan fingerprint density at radius 1 is 1.10 bits per heavy atom. The monoisotopic (exact) mass is 419 g/mol. The number of fused-ring (bicyclic) bond motifs is 1. The molecular formula is C21H21N7O3. The van der Waals surface area contributed by atoms with Gasteiger partial charge in [0.25, 0.3) is 0 Å². The maximum Gasteiger partial charge on any atom is 0.324 e. The molecule has 0 saturated carbocycles. The number of pyridine rings is 1. The van der Waals surface area contributed by atoms with E-state index < -0.39 is 6.03 Å². The molecule has 0 saturated heterocycles. The molecule has 4 N–H and O–H groups in total. The number of carbonyl (C=O) groups excluding carboxylic acids is 1. The summed E-state index contributed by atoms with van der Waals surface area (Å²) in [4.78, 5) is 32.5. The summed E-state index contributed by atoms with van der Waals surface area (Å²) in [6.07, 6.45) is 2.92. The summed E-state index contributed by atoms with van der Waals surface area (Å²) in [5.74, 6) is 1.13. The average Bonchev–Trinajstić information content (AvgIpc) is 3.18. The lowest BCUT2D eigenvalue weighted by atomic mass is 9.93. The lowest BCUT2D eigenvalue weighted by Gasteiger charge is -2.12. The van der Waals surface area contributed by atoms with Crippen molar-refractivity contribution >= 4 is 34.4 Å². The van der Waals surface area contributed by atoms with Crippen LogP contribution in [0.25, 0.3) is 16.7 Å². The van der Waals surface area contributed by atoms with Gasteiger partial charge in [0.05, 0.1) is 0 Å². The molecule has 0 aliphatic rings. The van der Waals surface area contributed by atoms with Crippen molar-refractivity contribution in [2.24, 2.45) is 0 Å². The first-order valence-electron chi connectivity index (χ1n) is 9.50. The number of hydrogen-bond donors (Lipinski definition) is 3. The fourth-order valence-electron chi connectivity index (χ4n) is 2.98. The van der Waals surface area contributed by atoms with Crippen molar-refractivity contribution < 1.29 is 9.32 Å². The van der Waals surface area contributed by atoms with Gasteiger partial charge in [-0.2, -0.15) is 0 Å². The number of anilines is 3. The SMILES string of the molecule is CC(C)(C)c1cc(NC(=O)Nc2ccc(-n3ccc(=O)c4c(N)ncnc43)cc2)no1. The van der Waals surface area contributed by atoms with Crippen LogP contribution in [-0.2, 0) is 5.41 Å². The van der Waals surface area contributed by atoms with E-state index >= 15 is 0 Å². The van der Waals surface area contributed by atoms with Crippen molar-refractivity contribution in [2.75, 3.05) is 16.4 Å². The maximum absolute atomic E-state index is 12.3. The molecule has 0 radical (unpaired) electrons. The van der Waals surface area contributed by atoms with E-state index in [1.165, 1.54) is 12.4 Å². The Hall–Kier alpha value is -4.21. The van der Waals surface area contributed by atoms with E-state index in [1.807, 2.05) is 20.8 Å². The third kappa shape index (κ3) is 4.08. The van der Waals surface area contributed by atoms with Crippen LogP contribution in [0.5, 0.6) is 0 Å². The quantitative estimate of drug-likeness (QED) is 0.463. The first-order chi connectivity index (χ1) is 14.7. The lowest BCUT2D eigenvalue weighted by molar-refractivity contribution is 0.262. The smallest absolute Gasteiger partial charge is 0.324 e. The van der Waals surface area contributed by atoms with Crippen molar-refractivity contribution in [1.82, 2.24) is 19.7 Å². The Morgan fingerprint density at radius 3 is 2.52 bits per heavy atom. The number of nitrogens with two attached hydrogens (primary N) is 1. The first kappa shape index (κ1) is 20.1. The molecule has 10 heteroatoms. The molecule has 2 amide bonds. The number of urea groups is 1. The molecule has 10 nitrogen and oxygen atoms in total. The van der Waals surface area contributed by atoms with E-state index in [0.717, 1.165) is 5.69 Å². The summed E-state index contributed by atoms with van der Waals surface area (Å²) >= 11 is 0. The number of benzene rings is 1. The Kier molecular flexibility index (Phi) is 4.90. The highest BCUT2D eigenvalue weighted by Crippen LogP contribution is 2.24. The van der Waals surface area contributed by atoms with Gasteiger partial charge in [-0.1, -0.05) is 25.9 Å². The molecule has 0 aliphatic carbocycles. The van der Waals surface area contributed by atoms with Crippen LogP contribution in [-0.4, -0.2) is 25.7 Å². The van der Waals surface area contributed by atoms with Crippen molar-refractivity contribution in [3.05, 3.63) is 64.9 Å². The van der Waals surface area contributed by atoms with Crippen LogP contribution in [0.1, 0.15) is 26.5 Å². The summed E-state index contributed by atoms with van der Waals surface area (Å²) < 4.78 is 6.98. The molecule has 3 heterocycles. The van der Waals surface area contributed by atoms with Crippen LogP contribution < -0.4 is 21.8 Å². The van der Waals surface area contributed by atoms with Crippen LogP contribution in [0.2, 0.25) is 0 Å². The van der Waals surface area contributed by atoms with E-state index in [9.17, 15) is 9.59 Å². The molecule has 0 aliphatic heterocycles. The molecule has 1 aromatic carbocycles.